The highest BCUT2D eigenvalue weighted by molar-refractivity contribution is 7.91. The van der Waals surface area contributed by atoms with Crippen LogP contribution >= 0.6 is 0 Å². The van der Waals surface area contributed by atoms with E-state index in [1.807, 2.05) is 24.3 Å². The summed E-state index contributed by atoms with van der Waals surface area (Å²) in [6.45, 7) is 2.76. The van der Waals surface area contributed by atoms with E-state index in [1.165, 1.54) is 5.56 Å². The monoisotopic (exact) mass is 297 g/mol. The van der Waals surface area contributed by atoms with Crippen LogP contribution in [0.25, 0.3) is 0 Å². The maximum Gasteiger partial charge on any atom is 0.154 e. The summed E-state index contributed by atoms with van der Waals surface area (Å²) < 4.78 is 29.7. The Morgan fingerprint density at radius 1 is 1.35 bits per heavy atom. The molecular weight excluding hydrogens is 274 g/mol. The van der Waals surface area contributed by atoms with Crippen molar-refractivity contribution in [3.63, 3.8) is 0 Å². The van der Waals surface area contributed by atoms with Crippen LogP contribution in [0.4, 0.5) is 0 Å². The highest BCUT2D eigenvalue weighted by Gasteiger charge is 2.25. The van der Waals surface area contributed by atoms with E-state index in [0.717, 1.165) is 24.8 Å². The standard InChI is InChI=1S/C15H23NO3S/c1-2-12-5-7-13(8-6-12)15(16)11-20(17,18)10-14-4-3-9-19-14/h5-8,14-15H,2-4,9-11,16H2,1H3. The van der Waals surface area contributed by atoms with E-state index in [0.29, 0.717) is 6.61 Å². The molecule has 2 rings (SSSR count). The highest BCUT2D eigenvalue weighted by Crippen LogP contribution is 2.18. The third kappa shape index (κ3) is 4.30. The van der Waals surface area contributed by atoms with Gasteiger partial charge in [-0.1, -0.05) is 31.2 Å². The molecule has 1 aromatic carbocycles. The van der Waals surface area contributed by atoms with Gasteiger partial charge in [0.25, 0.3) is 0 Å². The van der Waals surface area contributed by atoms with Gasteiger partial charge < -0.3 is 10.5 Å². The number of hydrogen-bond donors (Lipinski definition) is 1. The van der Waals surface area contributed by atoms with Crippen LogP contribution in [0.3, 0.4) is 0 Å². The van der Waals surface area contributed by atoms with Gasteiger partial charge in [0.15, 0.2) is 9.84 Å². The third-order valence-corrected chi connectivity index (χ3v) is 5.46. The molecule has 1 aromatic rings. The smallest absolute Gasteiger partial charge is 0.154 e. The first kappa shape index (κ1) is 15.5. The lowest BCUT2D eigenvalue weighted by Crippen LogP contribution is -2.28. The quantitative estimate of drug-likeness (QED) is 0.870. The summed E-state index contributed by atoms with van der Waals surface area (Å²) in [6.07, 6.45) is 2.60. The summed E-state index contributed by atoms with van der Waals surface area (Å²) in [4.78, 5) is 0. The van der Waals surface area contributed by atoms with Crippen molar-refractivity contribution in [2.45, 2.75) is 38.3 Å². The molecule has 0 amide bonds. The van der Waals surface area contributed by atoms with Gasteiger partial charge in [-0.25, -0.2) is 8.42 Å². The van der Waals surface area contributed by atoms with Gasteiger partial charge in [0.1, 0.15) is 0 Å². The summed E-state index contributed by atoms with van der Waals surface area (Å²) in [5.74, 6) is 0.0755. The normalized spacial score (nSPS) is 21.0. The molecule has 2 atom stereocenters. The Morgan fingerprint density at radius 3 is 2.60 bits per heavy atom. The Balaban J connectivity index is 1.96. The number of benzene rings is 1. The predicted molar refractivity (Wildman–Crippen MR) is 80.4 cm³/mol. The number of ether oxygens (including phenoxy) is 1. The third-order valence-electron chi connectivity index (χ3n) is 3.71. The van der Waals surface area contributed by atoms with Crippen molar-refractivity contribution < 1.29 is 13.2 Å². The van der Waals surface area contributed by atoms with E-state index < -0.39 is 15.9 Å². The first-order valence-corrected chi connectivity index (χ1v) is 8.99. The molecule has 0 radical (unpaired) electrons. The van der Waals surface area contributed by atoms with Crippen molar-refractivity contribution in [1.29, 1.82) is 0 Å². The first-order valence-electron chi connectivity index (χ1n) is 7.16. The molecule has 20 heavy (non-hydrogen) atoms. The molecule has 0 aromatic heterocycles. The molecule has 2 unspecified atom stereocenters. The van der Waals surface area contributed by atoms with Crippen molar-refractivity contribution in [3.8, 4) is 0 Å². The van der Waals surface area contributed by atoms with Crippen LogP contribution < -0.4 is 5.73 Å². The second kappa shape index (κ2) is 6.70. The topological polar surface area (TPSA) is 69.4 Å². The van der Waals surface area contributed by atoms with Crippen molar-refractivity contribution in [2.24, 2.45) is 5.73 Å². The maximum atomic E-state index is 12.1. The molecule has 0 spiro atoms. The number of aryl methyl sites for hydroxylation is 1. The molecular formula is C15H23NO3S. The van der Waals surface area contributed by atoms with E-state index >= 15 is 0 Å². The second-order valence-electron chi connectivity index (χ2n) is 5.41. The zero-order valence-electron chi connectivity index (χ0n) is 11.9. The molecule has 1 heterocycles. The van der Waals surface area contributed by atoms with Crippen LogP contribution in [0.1, 0.15) is 36.9 Å². The highest BCUT2D eigenvalue weighted by atomic mass is 32.2. The fourth-order valence-corrected chi connectivity index (χ4v) is 4.20. The maximum absolute atomic E-state index is 12.1. The molecule has 1 saturated heterocycles. The minimum atomic E-state index is -3.18. The molecule has 1 aliphatic rings. The van der Waals surface area contributed by atoms with E-state index in [2.05, 4.69) is 6.92 Å². The average molecular weight is 297 g/mol. The molecule has 1 fully saturated rings. The van der Waals surface area contributed by atoms with Gasteiger partial charge in [0.2, 0.25) is 0 Å². The largest absolute Gasteiger partial charge is 0.377 e. The van der Waals surface area contributed by atoms with Gasteiger partial charge in [0, 0.05) is 12.6 Å². The Bertz CT molecular complexity index is 519. The minimum absolute atomic E-state index is 0.0155. The lowest BCUT2D eigenvalue weighted by Gasteiger charge is -2.15. The number of sulfone groups is 1. The van der Waals surface area contributed by atoms with E-state index in [4.69, 9.17) is 10.5 Å². The zero-order valence-corrected chi connectivity index (χ0v) is 12.7. The Hall–Kier alpha value is -0.910. The fourth-order valence-electron chi connectivity index (χ4n) is 2.50. The van der Waals surface area contributed by atoms with Gasteiger partial charge >= 0.3 is 0 Å². The summed E-state index contributed by atoms with van der Waals surface area (Å²) in [7, 11) is -3.18. The molecule has 4 nitrogen and oxygen atoms in total. The van der Waals surface area contributed by atoms with Crippen molar-refractivity contribution in [1.82, 2.24) is 0 Å². The number of nitrogens with two attached hydrogens (primary N) is 1. The van der Waals surface area contributed by atoms with Gasteiger partial charge in [0.05, 0.1) is 17.6 Å². The summed E-state index contributed by atoms with van der Waals surface area (Å²) in [6, 6.07) is 7.38. The summed E-state index contributed by atoms with van der Waals surface area (Å²) >= 11 is 0. The van der Waals surface area contributed by atoms with Crippen LogP contribution in [0, 0.1) is 0 Å². The Kier molecular flexibility index (Phi) is 5.18. The zero-order chi connectivity index (χ0) is 14.6. The summed E-state index contributed by atoms with van der Waals surface area (Å²) in [5.41, 5.74) is 8.13. The van der Waals surface area contributed by atoms with Crippen molar-refractivity contribution >= 4 is 9.84 Å². The van der Waals surface area contributed by atoms with E-state index in [9.17, 15) is 8.42 Å². The van der Waals surface area contributed by atoms with Crippen LogP contribution in [-0.4, -0.2) is 32.6 Å². The number of hydrogen-bond acceptors (Lipinski definition) is 4. The molecule has 0 saturated carbocycles. The van der Waals surface area contributed by atoms with E-state index in [-0.39, 0.29) is 17.6 Å². The number of rotatable bonds is 6. The minimum Gasteiger partial charge on any atom is -0.377 e. The SMILES string of the molecule is CCc1ccc(C(N)CS(=O)(=O)CC2CCCO2)cc1. The predicted octanol–water partition coefficient (Wildman–Crippen LogP) is 1.84. The summed E-state index contributed by atoms with van der Waals surface area (Å²) in [5, 5.41) is 0. The lowest BCUT2D eigenvalue weighted by atomic mass is 10.1. The average Bonchev–Trinajstić information content (AvgIpc) is 2.90. The molecule has 2 N–H and O–H groups in total. The molecule has 0 aliphatic carbocycles. The van der Waals surface area contributed by atoms with Crippen LogP contribution in [0.5, 0.6) is 0 Å². The van der Waals surface area contributed by atoms with Crippen molar-refractivity contribution in [2.75, 3.05) is 18.1 Å². The van der Waals surface area contributed by atoms with Crippen LogP contribution in [-0.2, 0) is 21.0 Å². The van der Waals surface area contributed by atoms with Gasteiger partial charge in [-0.3, -0.25) is 0 Å². The Labute approximate surface area is 121 Å². The van der Waals surface area contributed by atoms with Crippen LogP contribution in [0.15, 0.2) is 24.3 Å². The molecule has 112 valence electrons. The first-order chi connectivity index (χ1) is 9.50. The molecule has 1 aliphatic heterocycles. The van der Waals surface area contributed by atoms with Gasteiger partial charge in [-0.2, -0.15) is 0 Å². The molecule has 0 bridgehead atoms. The Morgan fingerprint density at radius 2 is 2.05 bits per heavy atom. The van der Waals surface area contributed by atoms with Gasteiger partial charge in [-0.15, -0.1) is 0 Å². The van der Waals surface area contributed by atoms with Gasteiger partial charge in [-0.05, 0) is 30.4 Å². The van der Waals surface area contributed by atoms with Crippen LogP contribution in [0.2, 0.25) is 0 Å². The lowest BCUT2D eigenvalue weighted by molar-refractivity contribution is 0.127. The molecule has 5 heteroatoms. The van der Waals surface area contributed by atoms with Crippen molar-refractivity contribution in [3.05, 3.63) is 35.4 Å². The van der Waals surface area contributed by atoms with E-state index in [1.54, 1.807) is 0 Å². The second-order valence-corrected chi connectivity index (χ2v) is 7.57. The fraction of sp³-hybridized carbons (Fsp3) is 0.600.